The number of hydrogen-bond donors (Lipinski definition) is 2. The average molecular weight is 289 g/mol. The molecule has 1 saturated carbocycles. The summed E-state index contributed by atoms with van der Waals surface area (Å²) in [6.45, 7) is 5.44. The van der Waals surface area contributed by atoms with Gasteiger partial charge in [0.2, 0.25) is 5.91 Å². The summed E-state index contributed by atoms with van der Waals surface area (Å²) in [5, 5.41) is 3.12. The third kappa shape index (κ3) is 4.74. The van der Waals surface area contributed by atoms with Gasteiger partial charge in [0.15, 0.2) is 0 Å². The van der Waals surface area contributed by atoms with Crippen LogP contribution in [-0.4, -0.2) is 29.4 Å². The lowest BCUT2D eigenvalue weighted by Gasteiger charge is -2.24. The van der Waals surface area contributed by atoms with Crippen LogP contribution in [0.2, 0.25) is 0 Å². The van der Waals surface area contributed by atoms with E-state index in [0.29, 0.717) is 18.6 Å². The molecule has 21 heavy (non-hydrogen) atoms. The van der Waals surface area contributed by atoms with Gasteiger partial charge in [-0.1, -0.05) is 32.0 Å². The highest BCUT2D eigenvalue weighted by molar-refractivity contribution is 5.78. The molecule has 1 aliphatic carbocycles. The molecule has 1 aliphatic rings. The zero-order chi connectivity index (χ0) is 15.2. The van der Waals surface area contributed by atoms with Gasteiger partial charge >= 0.3 is 0 Å². The van der Waals surface area contributed by atoms with Crippen LogP contribution >= 0.6 is 0 Å². The third-order valence-electron chi connectivity index (χ3n) is 4.19. The highest BCUT2D eigenvalue weighted by Crippen LogP contribution is 2.29. The Kier molecular flexibility index (Phi) is 5.62. The molecule has 0 unspecified atom stereocenters. The second kappa shape index (κ2) is 7.46. The molecule has 0 radical (unpaired) electrons. The molecule has 1 fully saturated rings. The van der Waals surface area contributed by atoms with Gasteiger partial charge in [-0.2, -0.15) is 0 Å². The van der Waals surface area contributed by atoms with E-state index in [-0.39, 0.29) is 5.91 Å². The standard InChI is InChI=1S/C17H27N3O/c1-3-14(4-2)19-17(21)12-20(15-9-10-15)11-13-7-5-6-8-16(13)18/h5-8,14-15H,3-4,9-12,18H2,1-2H3,(H,19,21). The van der Waals surface area contributed by atoms with Crippen molar-refractivity contribution in [3.8, 4) is 0 Å². The number of hydrogen-bond acceptors (Lipinski definition) is 3. The number of nitrogen functional groups attached to an aromatic ring is 1. The van der Waals surface area contributed by atoms with E-state index in [9.17, 15) is 4.79 Å². The minimum Gasteiger partial charge on any atom is -0.398 e. The molecule has 1 aromatic carbocycles. The first kappa shape index (κ1) is 15.8. The molecule has 3 N–H and O–H groups in total. The maximum absolute atomic E-state index is 12.2. The SMILES string of the molecule is CCC(CC)NC(=O)CN(Cc1ccccc1N)C1CC1. The van der Waals surface area contributed by atoms with Crippen LogP contribution in [0.25, 0.3) is 0 Å². The Hall–Kier alpha value is -1.55. The topological polar surface area (TPSA) is 58.4 Å². The molecule has 0 saturated heterocycles. The fraction of sp³-hybridized carbons (Fsp3) is 0.588. The lowest BCUT2D eigenvalue weighted by Crippen LogP contribution is -2.42. The summed E-state index contributed by atoms with van der Waals surface area (Å²) >= 11 is 0. The van der Waals surface area contributed by atoms with E-state index in [2.05, 4.69) is 24.1 Å². The fourth-order valence-corrected chi connectivity index (χ4v) is 2.60. The first-order chi connectivity index (χ1) is 10.1. The van der Waals surface area contributed by atoms with Gasteiger partial charge in [0.1, 0.15) is 0 Å². The van der Waals surface area contributed by atoms with Crippen molar-refractivity contribution in [2.75, 3.05) is 12.3 Å². The van der Waals surface area contributed by atoms with Gasteiger partial charge < -0.3 is 11.1 Å². The molecule has 4 heteroatoms. The minimum atomic E-state index is 0.130. The second-order valence-corrected chi connectivity index (χ2v) is 5.92. The monoisotopic (exact) mass is 289 g/mol. The Balaban J connectivity index is 1.94. The number of amides is 1. The van der Waals surface area contributed by atoms with E-state index in [1.165, 1.54) is 12.8 Å². The van der Waals surface area contributed by atoms with Crippen molar-refractivity contribution in [3.05, 3.63) is 29.8 Å². The van der Waals surface area contributed by atoms with E-state index in [1.807, 2.05) is 24.3 Å². The largest absolute Gasteiger partial charge is 0.398 e. The van der Waals surface area contributed by atoms with Crippen LogP contribution in [0, 0.1) is 0 Å². The number of nitrogens with one attached hydrogen (secondary N) is 1. The summed E-state index contributed by atoms with van der Waals surface area (Å²) in [5.41, 5.74) is 7.94. The van der Waals surface area contributed by atoms with Crippen LogP contribution < -0.4 is 11.1 Å². The summed E-state index contributed by atoms with van der Waals surface area (Å²) in [4.78, 5) is 14.5. The molecule has 0 bridgehead atoms. The number of carbonyl (C=O) groups is 1. The summed E-state index contributed by atoms with van der Waals surface area (Å²) in [6, 6.07) is 8.74. The van der Waals surface area contributed by atoms with Crippen LogP contribution in [-0.2, 0) is 11.3 Å². The van der Waals surface area contributed by atoms with Crippen molar-refractivity contribution >= 4 is 11.6 Å². The summed E-state index contributed by atoms with van der Waals surface area (Å²) < 4.78 is 0. The number of para-hydroxylation sites is 1. The molecule has 0 spiro atoms. The first-order valence-corrected chi connectivity index (χ1v) is 8.00. The molecule has 116 valence electrons. The summed E-state index contributed by atoms with van der Waals surface area (Å²) in [7, 11) is 0. The van der Waals surface area contributed by atoms with E-state index in [0.717, 1.165) is 30.6 Å². The fourth-order valence-electron chi connectivity index (χ4n) is 2.60. The Labute approximate surface area is 127 Å². The lowest BCUT2D eigenvalue weighted by molar-refractivity contribution is -0.123. The highest BCUT2D eigenvalue weighted by atomic mass is 16.2. The predicted octanol–water partition coefficient (Wildman–Crippen LogP) is 2.54. The average Bonchev–Trinajstić information content (AvgIpc) is 3.31. The summed E-state index contributed by atoms with van der Waals surface area (Å²) in [5.74, 6) is 0.130. The van der Waals surface area contributed by atoms with Gasteiger partial charge in [-0.3, -0.25) is 9.69 Å². The van der Waals surface area contributed by atoms with Crippen molar-refractivity contribution in [1.29, 1.82) is 0 Å². The quantitative estimate of drug-likeness (QED) is 0.723. The van der Waals surface area contributed by atoms with Crippen molar-refractivity contribution in [1.82, 2.24) is 10.2 Å². The molecule has 4 nitrogen and oxygen atoms in total. The molecular formula is C17H27N3O. The zero-order valence-electron chi connectivity index (χ0n) is 13.1. The number of carbonyl (C=O) groups excluding carboxylic acids is 1. The molecule has 0 aromatic heterocycles. The minimum absolute atomic E-state index is 0.130. The Morgan fingerprint density at radius 1 is 1.33 bits per heavy atom. The third-order valence-corrected chi connectivity index (χ3v) is 4.19. The maximum atomic E-state index is 12.2. The number of anilines is 1. The lowest BCUT2D eigenvalue weighted by atomic mass is 10.1. The first-order valence-electron chi connectivity index (χ1n) is 8.00. The number of benzene rings is 1. The Morgan fingerprint density at radius 2 is 2.00 bits per heavy atom. The van der Waals surface area contributed by atoms with Crippen molar-refractivity contribution in [3.63, 3.8) is 0 Å². The number of nitrogens with zero attached hydrogens (tertiary/aromatic N) is 1. The van der Waals surface area contributed by atoms with Gasteiger partial charge in [-0.15, -0.1) is 0 Å². The number of rotatable bonds is 8. The smallest absolute Gasteiger partial charge is 0.234 e. The van der Waals surface area contributed by atoms with Gasteiger partial charge in [-0.25, -0.2) is 0 Å². The van der Waals surface area contributed by atoms with E-state index >= 15 is 0 Å². The molecule has 0 aliphatic heterocycles. The molecule has 0 atom stereocenters. The Bertz CT molecular complexity index is 467. The van der Waals surface area contributed by atoms with Crippen LogP contribution in [0.3, 0.4) is 0 Å². The highest BCUT2D eigenvalue weighted by Gasteiger charge is 2.30. The van der Waals surface area contributed by atoms with Crippen LogP contribution in [0.4, 0.5) is 5.69 Å². The molecule has 0 heterocycles. The molecule has 1 aromatic rings. The van der Waals surface area contributed by atoms with Crippen LogP contribution in [0.5, 0.6) is 0 Å². The Morgan fingerprint density at radius 3 is 2.57 bits per heavy atom. The van der Waals surface area contributed by atoms with Gasteiger partial charge in [0, 0.05) is 24.3 Å². The van der Waals surface area contributed by atoms with Crippen LogP contribution in [0.15, 0.2) is 24.3 Å². The summed E-state index contributed by atoms with van der Waals surface area (Å²) in [6.07, 6.45) is 4.34. The van der Waals surface area contributed by atoms with E-state index in [1.54, 1.807) is 0 Å². The van der Waals surface area contributed by atoms with Crippen molar-refractivity contribution in [2.45, 2.75) is 58.2 Å². The zero-order valence-corrected chi connectivity index (χ0v) is 13.1. The number of nitrogens with two attached hydrogens (primary N) is 1. The van der Waals surface area contributed by atoms with E-state index < -0.39 is 0 Å². The molecular weight excluding hydrogens is 262 g/mol. The van der Waals surface area contributed by atoms with E-state index in [4.69, 9.17) is 5.73 Å². The molecule has 2 rings (SSSR count). The molecule has 1 amide bonds. The van der Waals surface area contributed by atoms with Gasteiger partial charge in [-0.05, 0) is 37.3 Å². The van der Waals surface area contributed by atoms with Crippen molar-refractivity contribution in [2.24, 2.45) is 0 Å². The van der Waals surface area contributed by atoms with Crippen LogP contribution in [0.1, 0.15) is 45.1 Å². The van der Waals surface area contributed by atoms with Gasteiger partial charge in [0.05, 0.1) is 6.54 Å². The second-order valence-electron chi connectivity index (χ2n) is 5.92. The van der Waals surface area contributed by atoms with Crippen molar-refractivity contribution < 1.29 is 4.79 Å². The van der Waals surface area contributed by atoms with Gasteiger partial charge in [0.25, 0.3) is 0 Å². The maximum Gasteiger partial charge on any atom is 0.234 e. The predicted molar refractivity (Wildman–Crippen MR) is 86.8 cm³/mol. The normalized spacial score (nSPS) is 14.7.